The van der Waals surface area contributed by atoms with E-state index in [1.54, 1.807) is 43.7 Å². The summed E-state index contributed by atoms with van der Waals surface area (Å²) in [5.74, 6) is 1.85. The van der Waals surface area contributed by atoms with Gasteiger partial charge in [0.15, 0.2) is 0 Å². The lowest BCUT2D eigenvalue weighted by molar-refractivity contribution is 0.115. The summed E-state index contributed by atoms with van der Waals surface area (Å²) >= 11 is 1.60. The van der Waals surface area contributed by atoms with Crippen LogP contribution in [0.2, 0.25) is 0 Å². The quantitative estimate of drug-likeness (QED) is 0.184. The average Bonchev–Trinajstić information content (AvgIpc) is 3.11. The van der Waals surface area contributed by atoms with Crippen molar-refractivity contribution in [2.45, 2.75) is 32.2 Å². The van der Waals surface area contributed by atoms with Crippen LogP contribution in [0.1, 0.15) is 30.9 Å². The molecule has 0 bridgehead atoms. The molecular formula is C35H46N10OS. The number of ether oxygens (including phenoxy) is 1. The van der Waals surface area contributed by atoms with Gasteiger partial charge < -0.3 is 29.5 Å². The molecular weight excluding hydrogens is 609 g/mol. The number of fused-ring (bicyclic) bond motifs is 1. The van der Waals surface area contributed by atoms with Crippen LogP contribution in [0.25, 0.3) is 17.1 Å². The Morgan fingerprint density at radius 2 is 1.79 bits per heavy atom. The van der Waals surface area contributed by atoms with Crippen molar-refractivity contribution in [3.63, 3.8) is 0 Å². The summed E-state index contributed by atoms with van der Waals surface area (Å²) in [6.07, 6.45) is 12.4. The van der Waals surface area contributed by atoms with Crippen molar-refractivity contribution < 1.29 is 4.74 Å². The maximum Gasteiger partial charge on any atom is 0.229 e. The fourth-order valence-corrected chi connectivity index (χ4v) is 7.00. The lowest BCUT2D eigenvalue weighted by atomic mass is 10.0. The minimum atomic E-state index is 0.457. The third-order valence-corrected chi connectivity index (χ3v) is 10.1. The van der Waals surface area contributed by atoms with Gasteiger partial charge in [-0.25, -0.2) is 4.98 Å². The molecule has 2 aromatic heterocycles. The van der Waals surface area contributed by atoms with E-state index in [-0.39, 0.29) is 0 Å². The summed E-state index contributed by atoms with van der Waals surface area (Å²) in [6, 6.07) is 9.03. The zero-order chi connectivity index (χ0) is 32.9. The molecule has 2 aliphatic rings. The Bertz CT molecular complexity index is 1700. The van der Waals surface area contributed by atoms with Crippen LogP contribution < -0.4 is 24.6 Å². The molecule has 0 saturated carbocycles. The number of piperazine rings is 1. The SMILES string of the molecule is C=Cc1cnc(Nc2cc(CC)c(N3CCN(C4CCN(C)CC4)CC3)cc2OC)nc1Nc1ccc2nccnc2c1N(C)SC. The first-order valence-corrected chi connectivity index (χ1v) is 17.5. The van der Waals surface area contributed by atoms with Gasteiger partial charge in [0.25, 0.3) is 0 Å². The predicted octanol–water partition coefficient (Wildman–Crippen LogP) is 6.05. The number of aryl methyl sites for hydroxylation is 1. The van der Waals surface area contributed by atoms with E-state index in [0.29, 0.717) is 17.8 Å². The van der Waals surface area contributed by atoms with Crippen molar-refractivity contribution in [2.75, 3.05) is 86.6 Å². The number of nitrogens with zero attached hydrogens (tertiary/aromatic N) is 8. The second-order valence-corrected chi connectivity index (χ2v) is 13.0. The number of hydrogen-bond acceptors (Lipinski definition) is 12. The Kier molecular flexibility index (Phi) is 10.3. The van der Waals surface area contributed by atoms with Crippen molar-refractivity contribution in [3.05, 3.63) is 60.6 Å². The summed E-state index contributed by atoms with van der Waals surface area (Å²) in [5.41, 5.74) is 7.53. The summed E-state index contributed by atoms with van der Waals surface area (Å²) in [4.78, 5) is 26.3. The predicted molar refractivity (Wildman–Crippen MR) is 197 cm³/mol. The fraction of sp³-hybridized carbons (Fsp3) is 0.429. The average molecular weight is 655 g/mol. The molecule has 2 N–H and O–H groups in total. The minimum Gasteiger partial charge on any atom is -0.494 e. The van der Waals surface area contributed by atoms with Gasteiger partial charge in [0, 0.05) is 81.4 Å². The van der Waals surface area contributed by atoms with Crippen LogP contribution in [-0.2, 0) is 6.42 Å². The lowest BCUT2D eigenvalue weighted by Crippen LogP contribution is -2.53. The van der Waals surface area contributed by atoms with E-state index in [1.165, 1.54) is 37.2 Å². The van der Waals surface area contributed by atoms with E-state index in [0.717, 1.165) is 72.0 Å². The number of rotatable bonds is 11. The Balaban J connectivity index is 1.24. The highest BCUT2D eigenvalue weighted by Crippen LogP contribution is 2.38. The van der Waals surface area contributed by atoms with Gasteiger partial charge in [-0.3, -0.25) is 14.9 Å². The normalized spacial score (nSPS) is 16.3. The number of likely N-dealkylation sites (tertiary alicyclic amines) is 1. The van der Waals surface area contributed by atoms with Crippen molar-refractivity contribution >= 4 is 63.6 Å². The summed E-state index contributed by atoms with van der Waals surface area (Å²) < 4.78 is 8.00. The highest BCUT2D eigenvalue weighted by Gasteiger charge is 2.28. The molecule has 47 heavy (non-hydrogen) atoms. The van der Waals surface area contributed by atoms with Crippen LogP contribution in [0.3, 0.4) is 0 Å². The number of aromatic nitrogens is 4. The van der Waals surface area contributed by atoms with Gasteiger partial charge >= 0.3 is 0 Å². The molecule has 0 radical (unpaired) electrons. The van der Waals surface area contributed by atoms with E-state index in [1.807, 2.05) is 25.4 Å². The number of piperidine rings is 1. The lowest BCUT2D eigenvalue weighted by Gasteiger charge is -2.43. The van der Waals surface area contributed by atoms with Crippen LogP contribution in [-0.4, -0.2) is 103 Å². The zero-order valence-corrected chi connectivity index (χ0v) is 29.0. The van der Waals surface area contributed by atoms with Crippen LogP contribution in [0.15, 0.2) is 49.4 Å². The molecule has 6 rings (SSSR count). The van der Waals surface area contributed by atoms with E-state index >= 15 is 0 Å². The Labute approximate surface area is 282 Å². The molecule has 4 heterocycles. The van der Waals surface area contributed by atoms with Gasteiger partial charge in [-0.05, 0) is 63.2 Å². The highest BCUT2D eigenvalue weighted by atomic mass is 32.2. The second-order valence-electron chi connectivity index (χ2n) is 12.1. The Morgan fingerprint density at radius 1 is 1.02 bits per heavy atom. The molecule has 248 valence electrons. The molecule has 2 aromatic carbocycles. The molecule has 0 amide bonds. The minimum absolute atomic E-state index is 0.457. The molecule has 0 aliphatic carbocycles. The van der Waals surface area contributed by atoms with Crippen LogP contribution in [0.5, 0.6) is 5.75 Å². The van der Waals surface area contributed by atoms with Gasteiger partial charge in [0.2, 0.25) is 5.95 Å². The first-order valence-electron chi connectivity index (χ1n) is 16.4. The van der Waals surface area contributed by atoms with Gasteiger partial charge in [-0.1, -0.05) is 31.5 Å². The molecule has 0 unspecified atom stereocenters. The Morgan fingerprint density at radius 3 is 2.49 bits per heavy atom. The molecule has 12 heteroatoms. The van der Waals surface area contributed by atoms with E-state index in [2.05, 4.69) is 77.3 Å². The first-order chi connectivity index (χ1) is 22.9. The second kappa shape index (κ2) is 14.7. The van der Waals surface area contributed by atoms with E-state index < -0.39 is 0 Å². The first kappa shape index (κ1) is 32.8. The van der Waals surface area contributed by atoms with Crippen molar-refractivity contribution in [3.8, 4) is 5.75 Å². The largest absolute Gasteiger partial charge is 0.494 e. The third kappa shape index (κ3) is 7.09. The maximum absolute atomic E-state index is 5.93. The van der Waals surface area contributed by atoms with Crippen LogP contribution in [0.4, 0.5) is 34.5 Å². The summed E-state index contributed by atoms with van der Waals surface area (Å²) in [6.45, 7) is 12.8. The molecule has 2 saturated heterocycles. The third-order valence-electron chi connectivity index (χ3n) is 9.38. The van der Waals surface area contributed by atoms with Crippen LogP contribution >= 0.6 is 11.9 Å². The number of hydrogen-bond donors (Lipinski definition) is 2. The number of nitrogens with one attached hydrogen (secondary N) is 2. The van der Waals surface area contributed by atoms with Gasteiger partial charge in [-0.2, -0.15) is 4.98 Å². The summed E-state index contributed by atoms with van der Waals surface area (Å²) in [5, 5.41) is 6.98. The molecule has 2 fully saturated rings. The number of anilines is 6. The number of methoxy groups -OCH3 is 1. The zero-order valence-electron chi connectivity index (χ0n) is 28.2. The fourth-order valence-electron chi connectivity index (χ4n) is 6.63. The van der Waals surface area contributed by atoms with Crippen LogP contribution in [0, 0.1) is 0 Å². The van der Waals surface area contributed by atoms with Crippen molar-refractivity contribution in [1.82, 2.24) is 29.7 Å². The van der Waals surface area contributed by atoms with Gasteiger partial charge in [0.1, 0.15) is 17.1 Å². The molecule has 11 nitrogen and oxygen atoms in total. The van der Waals surface area contributed by atoms with E-state index in [4.69, 9.17) is 9.72 Å². The molecule has 0 spiro atoms. The van der Waals surface area contributed by atoms with E-state index in [9.17, 15) is 0 Å². The summed E-state index contributed by atoms with van der Waals surface area (Å²) in [7, 11) is 5.96. The molecule has 0 atom stereocenters. The highest BCUT2D eigenvalue weighted by molar-refractivity contribution is 7.99. The smallest absolute Gasteiger partial charge is 0.229 e. The molecule has 4 aromatic rings. The number of benzene rings is 2. The van der Waals surface area contributed by atoms with Gasteiger partial charge in [0.05, 0.1) is 29.7 Å². The van der Waals surface area contributed by atoms with Crippen molar-refractivity contribution in [1.29, 1.82) is 0 Å². The monoisotopic (exact) mass is 654 g/mol. The van der Waals surface area contributed by atoms with Crippen molar-refractivity contribution in [2.24, 2.45) is 0 Å². The Hall–Kier alpha value is -4.13. The molecule has 2 aliphatic heterocycles. The maximum atomic E-state index is 5.93. The topological polar surface area (TPSA) is 97.8 Å². The van der Waals surface area contributed by atoms with Gasteiger partial charge in [-0.15, -0.1) is 0 Å². The standard InChI is InChI=1S/C35H46N10OS/c1-7-24-21-29(31(46-5)22-30(24)45-19-17-44(18-20-45)26-11-15-42(3)16-12-26)40-35-38-23-25(8-2)34(41-35)39-28-10-9-27-32(37-14-13-36-27)33(28)43(4)47-6/h8-10,13-14,21-23,26H,2,7,11-12,15-20H2,1,3-6H3,(H2,38,39,40,41).